The van der Waals surface area contributed by atoms with Gasteiger partial charge in [-0.15, -0.1) is 24.0 Å². The minimum Gasteiger partial charge on any atom is -0.468 e. The highest BCUT2D eigenvalue weighted by atomic mass is 127. The first-order valence-electron chi connectivity index (χ1n) is 10.6. The normalized spacial score (nSPS) is 15.8. The van der Waals surface area contributed by atoms with Gasteiger partial charge in [-0.25, -0.2) is 0 Å². The molecule has 0 saturated carbocycles. The molecule has 1 fully saturated rings. The number of furan rings is 1. The molecule has 1 atom stereocenters. The van der Waals surface area contributed by atoms with Gasteiger partial charge in [0.15, 0.2) is 5.96 Å². The number of rotatable bonds is 8. The van der Waals surface area contributed by atoms with Crippen molar-refractivity contribution in [2.45, 2.75) is 31.7 Å². The summed E-state index contributed by atoms with van der Waals surface area (Å²) in [5.74, 6) is 1.87. The van der Waals surface area contributed by atoms with Gasteiger partial charge < -0.3 is 20.0 Å². The zero-order valence-electron chi connectivity index (χ0n) is 17.6. The van der Waals surface area contributed by atoms with E-state index in [2.05, 4.69) is 62.0 Å². The first-order valence-corrected chi connectivity index (χ1v) is 10.6. The predicted molar refractivity (Wildman–Crippen MR) is 134 cm³/mol. The van der Waals surface area contributed by atoms with Gasteiger partial charge in [0.2, 0.25) is 0 Å². The van der Waals surface area contributed by atoms with Crippen LogP contribution in [0, 0.1) is 0 Å². The van der Waals surface area contributed by atoms with Crippen LogP contribution in [0.2, 0.25) is 0 Å². The summed E-state index contributed by atoms with van der Waals surface area (Å²) in [7, 11) is 1.83. The Bertz CT molecular complexity index is 915. The maximum atomic E-state index is 5.70. The van der Waals surface area contributed by atoms with Crippen LogP contribution in [-0.2, 0) is 6.42 Å². The smallest absolute Gasteiger partial charge is 0.191 e. The van der Waals surface area contributed by atoms with Gasteiger partial charge in [0.05, 0.1) is 12.3 Å². The summed E-state index contributed by atoms with van der Waals surface area (Å²) >= 11 is 0. The quantitative estimate of drug-likeness (QED) is 0.179. The summed E-state index contributed by atoms with van der Waals surface area (Å²) in [4.78, 5) is 10.2. The van der Waals surface area contributed by atoms with E-state index in [4.69, 9.17) is 4.42 Å². The molecule has 0 radical (unpaired) electrons. The molecule has 7 heteroatoms. The third kappa shape index (κ3) is 5.57. The van der Waals surface area contributed by atoms with Crippen LogP contribution >= 0.6 is 24.0 Å². The number of aliphatic imine (C=N–C) groups is 1. The number of benzene rings is 1. The van der Waals surface area contributed by atoms with Crippen molar-refractivity contribution in [1.82, 2.24) is 20.5 Å². The van der Waals surface area contributed by atoms with Gasteiger partial charge in [-0.05, 0) is 62.5 Å². The van der Waals surface area contributed by atoms with E-state index in [1.807, 2.05) is 13.1 Å². The highest BCUT2D eigenvalue weighted by Gasteiger charge is 2.25. The number of para-hydroxylation sites is 1. The largest absolute Gasteiger partial charge is 0.468 e. The van der Waals surface area contributed by atoms with E-state index in [1.54, 1.807) is 6.26 Å². The van der Waals surface area contributed by atoms with Gasteiger partial charge in [-0.1, -0.05) is 18.2 Å². The molecule has 3 aromatic rings. The number of H-pyrrole nitrogens is 1. The molecule has 30 heavy (non-hydrogen) atoms. The molecule has 0 aliphatic carbocycles. The SMILES string of the molecule is CN=C(NCCCc1c[nH]c2ccccc12)NCC(c1ccco1)N1CCCC1.I. The van der Waals surface area contributed by atoms with Crippen LogP contribution in [0.25, 0.3) is 10.9 Å². The Balaban J connectivity index is 0.00000256. The first-order chi connectivity index (χ1) is 14.3. The lowest BCUT2D eigenvalue weighted by molar-refractivity contribution is 0.215. The second-order valence-electron chi connectivity index (χ2n) is 7.62. The van der Waals surface area contributed by atoms with E-state index in [0.717, 1.165) is 50.7 Å². The molecule has 3 heterocycles. The molecule has 6 nitrogen and oxygen atoms in total. The van der Waals surface area contributed by atoms with Crippen molar-refractivity contribution in [3.05, 3.63) is 60.2 Å². The molecular formula is C23H32IN5O. The standard InChI is InChI=1S/C23H31N5O.HI/c1-24-23(25-12-6-8-18-16-26-20-10-3-2-9-19(18)20)27-17-21(22-11-7-15-29-22)28-13-4-5-14-28;/h2-3,7,9-11,15-16,21,26H,4-6,8,12-14,17H2,1H3,(H2,24,25,27);1H. The number of aromatic amines is 1. The predicted octanol–water partition coefficient (Wildman–Crippen LogP) is 4.31. The van der Waals surface area contributed by atoms with Crippen LogP contribution in [0.5, 0.6) is 0 Å². The maximum Gasteiger partial charge on any atom is 0.191 e. The second-order valence-corrected chi connectivity index (χ2v) is 7.62. The van der Waals surface area contributed by atoms with E-state index in [1.165, 1.54) is 29.3 Å². The minimum atomic E-state index is 0. The number of nitrogens with zero attached hydrogens (tertiary/aromatic N) is 2. The zero-order valence-corrected chi connectivity index (χ0v) is 19.9. The van der Waals surface area contributed by atoms with Gasteiger partial charge in [-0.2, -0.15) is 0 Å². The number of likely N-dealkylation sites (tertiary alicyclic amines) is 1. The van der Waals surface area contributed by atoms with E-state index >= 15 is 0 Å². The summed E-state index contributed by atoms with van der Waals surface area (Å²) in [5, 5.41) is 8.26. The lowest BCUT2D eigenvalue weighted by Crippen LogP contribution is -2.42. The van der Waals surface area contributed by atoms with Crippen LogP contribution in [-0.4, -0.2) is 49.1 Å². The molecule has 4 rings (SSSR count). The molecule has 2 aromatic heterocycles. The Morgan fingerprint density at radius 2 is 2.00 bits per heavy atom. The van der Waals surface area contributed by atoms with Crippen molar-refractivity contribution >= 4 is 40.8 Å². The molecule has 1 aliphatic rings. The van der Waals surface area contributed by atoms with Crippen LogP contribution in [0.3, 0.4) is 0 Å². The summed E-state index contributed by atoms with van der Waals surface area (Å²) < 4.78 is 5.70. The number of hydrogen-bond acceptors (Lipinski definition) is 3. The summed E-state index contributed by atoms with van der Waals surface area (Å²) in [6.45, 7) is 3.93. The molecule has 0 spiro atoms. The van der Waals surface area contributed by atoms with Crippen molar-refractivity contribution in [3.63, 3.8) is 0 Å². The minimum absolute atomic E-state index is 0. The molecule has 3 N–H and O–H groups in total. The van der Waals surface area contributed by atoms with Gasteiger partial charge in [0.25, 0.3) is 0 Å². The van der Waals surface area contributed by atoms with Crippen molar-refractivity contribution in [3.8, 4) is 0 Å². The number of halogens is 1. The van der Waals surface area contributed by atoms with Crippen molar-refractivity contribution in [2.24, 2.45) is 4.99 Å². The van der Waals surface area contributed by atoms with E-state index in [9.17, 15) is 0 Å². The van der Waals surface area contributed by atoms with Crippen LogP contribution in [0.4, 0.5) is 0 Å². The zero-order chi connectivity index (χ0) is 19.9. The van der Waals surface area contributed by atoms with Gasteiger partial charge in [0.1, 0.15) is 5.76 Å². The Kier molecular flexibility index (Phi) is 8.62. The summed E-state index contributed by atoms with van der Waals surface area (Å²) in [6, 6.07) is 12.8. The second kappa shape index (κ2) is 11.4. The summed E-state index contributed by atoms with van der Waals surface area (Å²) in [5.41, 5.74) is 2.58. The maximum absolute atomic E-state index is 5.70. The molecule has 162 valence electrons. The molecule has 1 aromatic carbocycles. The number of aryl methyl sites for hydroxylation is 1. The Hall–Kier alpha value is -2.00. The van der Waals surface area contributed by atoms with E-state index in [-0.39, 0.29) is 30.0 Å². The number of hydrogen-bond donors (Lipinski definition) is 3. The fraction of sp³-hybridized carbons (Fsp3) is 0.435. The Morgan fingerprint density at radius 3 is 2.77 bits per heavy atom. The molecular weight excluding hydrogens is 489 g/mol. The van der Waals surface area contributed by atoms with Crippen molar-refractivity contribution in [2.75, 3.05) is 33.2 Å². The van der Waals surface area contributed by atoms with Crippen molar-refractivity contribution < 1.29 is 4.42 Å². The number of aromatic nitrogens is 1. The first kappa shape index (κ1) is 22.7. The van der Waals surface area contributed by atoms with Crippen LogP contribution < -0.4 is 10.6 Å². The number of fused-ring (bicyclic) bond motifs is 1. The molecule has 0 amide bonds. The highest BCUT2D eigenvalue weighted by molar-refractivity contribution is 14.0. The third-order valence-electron chi connectivity index (χ3n) is 5.73. The lowest BCUT2D eigenvalue weighted by atomic mass is 10.1. The average Bonchev–Trinajstić information content (AvgIpc) is 3.52. The third-order valence-corrected chi connectivity index (χ3v) is 5.73. The highest BCUT2D eigenvalue weighted by Crippen LogP contribution is 2.24. The fourth-order valence-electron chi connectivity index (χ4n) is 4.18. The van der Waals surface area contributed by atoms with Crippen LogP contribution in [0.15, 0.2) is 58.3 Å². The van der Waals surface area contributed by atoms with E-state index in [0.29, 0.717) is 0 Å². The number of nitrogens with one attached hydrogen (secondary N) is 3. The topological polar surface area (TPSA) is 68.6 Å². The Morgan fingerprint density at radius 1 is 1.17 bits per heavy atom. The lowest BCUT2D eigenvalue weighted by Gasteiger charge is -2.26. The van der Waals surface area contributed by atoms with Gasteiger partial charge in [-0.3, -0.25) is 9.89 Å². The molecule has 0 bridgehead atoms. The average molecular weight is 521 g/mol. The van der Waals surface area contributed by atoms with Gasteiger partial charge >= 0.3 is 0 Å². The fourth-order valence-corrected chi connectivity index (χ4v) is 4.18. The summed E-state index contributed by atoms with van der Waals surface area (Å²) in [6.07, 6.45) is 8.50. The molecule has 1 aliphatic heterocycles. The number of guanidine groups is 1. The Labute approximate surface area is 195 Å². The monoisotopic (exact) mass is 521 g/mol. The van der Waals surface area contributed by atoms with Crippen LogP contribution in [0.1, 0.15) is 36.6 Å². The molecule has 1 saturated heterocycles. The van der Waals surface area contributed by atoms with Crippen molar-refractivity contribution in [1.29, 1.82) is 0 Å². The van der Waals surface area contributed by atoms with Gasteiger partial charge in [0, 0.05) is 37.2 Å². The van der Waals surface area contributed by atoms with E-state index < -0.39 is 0 Å². The molecule has 1 unspecified atom stereocenters.